The molecular weight excluding hydrogens is 421 g/mol. The summed E-state index contributed by atoms with van der Waals surface area (Å²) in [6.45, 7) is 1.62. The molecule has 0 fully saturated rings. The number of amides is 2. The molecule has 1 aromatic carbocycles. The Morgan fingerprint density at radius 2 is 1.93 bits per heavy atom. The normalized spacial score (nSPS) is 10.7. The van der Waals surface area contributed by atoms with Gasteiger partial charge in [0.2, 0.25) is 17.7 Å². The summed E-state index contributed by atoms with van der Waals surface area (Å²) in [6, 6.07) is 8.73. The van der Waals surface area contributed by atoms with Crippen LogP contribution in [-0.2, 0) is 16.0 Å². The molecule has 146 valence electrons. The number of benzene rings is 1. The molecule has 0 atom stereocenters. The second-order valence-corrected chi connectivity index (χ2v) is 7.83. The number of halogens is 2. The predicted octanol–water partition coefficient (Wildman–Crippen LogP) is 4.66. The standard InChI is InChI=1S/C19H17Cl2N3O3S/c1-11-14(22-19(27-11)15-7-4-8-28-15)9-17(26)24(2)10-16(25)23-18-12(20)5-3-6-13(18)21/h3-8H,9-10H2,1-2H3,(H,23,25). The maximum atomic E-state index is 12.5. The number of carbonyl (C=O) groups excluding carboxylic acids is 2. The number of para-hydroxylation sites is 1. The number of anilines is 1. The third-order valence-electron chi connectivity index (χ3n) is 3.98. The van der Waals surface area contributed by atoms with Crippen molar-refractivity contribution in [3.8, 4) is 10.8 Å². The Morgan fingerprint density at radius 3 is 2.57 bits per heavy atom. The molecule has 3 rings (SSSR count). The first-order valence-corrected chi connectivity index (χ1v) is 9.96. The number of likely N-dealkylation sites (N-methyl/N-ethyl adjacent to an activating group) is 1. The summed E-state index contributed by atoms with van der Waals surface area (Å²) in [6.07, 6.45) is 0.0390. The molecule has 2 amide bonds. The van der Waals surface area contributed by atoms with Crippen LogP contribution in [0.3, 0.4) is 0 Å². The minimum atomic E-state index is -0.401. The topological polar surface area (TPSA) is 75.4 Å². The number of nitrogens with one attached hydrogen (secondary N) is 1. The molecule has 1 N–H and O–H groups in total. The van der Waals surface area contributed by atoms with Crippen LogP contribution in [0.4, 0.5) is 5.69 Å². The fraction of sp³-hybridized carbons (Fsp3) is 0.211. The maximum absolute atomic E-state index is 12.5. The highest BCUT2D eigenvalue weighted by Crippen LogP contribution is 2.29. The van der Waals surface area contributed by atoms with Crippen molar-refractivity contribution in [1.82, 2.24) is 9.88 Å². The van der Waals surface area contributed by atoms with Gasteiger partial charge in [-0.1, -0.05) is 35.3 Å². The van der Waals surface area contributed by atoms with E-state index in [0.29, 0.717) is 33.1 Å². The van der Waals surface area contributed by atoms with Gasteiger partial charge in [0.25, 0.3) is 0 Å². The van der Waals surface area contributed by atoms with E-state index in [1.54, 1.807) is 32.2 Å². The van der Waals surface area contributed by atoms with Crippen molar-refractivity contribution in [2.24, 2.45) is 0 Å². The van der Waals surface area contributed by atoms with Gasteiger partial charge in [-0.3, -0.25) is 9.59 Å². The highest BCUT2D eigenvalue weighted by atomic mass is 35.5. The molecule has 0 spiro atoms. The quantitative estimate of drug-likeness (QED) is 0.608. The lowest BCUT2D eigenvalue weighted by Crippen LogP contribution is -2.36. The summed E-state index contributed by atoms with van der Waals surface area (Å²) < 4.78 is 5.65. The van der Waals surface area contributed by atoms with E-state index in [1.807, 2.05) is 17.5 Å². The van der Waals surface area contributed by atoms with E-state index in [0.717, 1.165) is 4.88 Å². The van der Waals surface area contributed by atoms with Gasteiger partial charge in [0.05, 0.1) is 39.3 Å². The Morgan fingerprint density at radius 1 is 1.21 bits per heavy atom. The van der Waals surface area contributed by atoms with Gasteiger partial charge >= 0.3 is 0 Å². The molecule has 0 radical (unpaired) electrons. The van der Waals surface area contributed by atoms with E-state index in [1.165, 1.54) is 16.2 Å². The van der Waals surface area contributed by atoms with E-state index >= 15 is 0 Å². The molecule has 6 nitrogen and oxygen atoms in total. The molecule has 0 aliphatic heterocycles. The number of thiophene rings is 1. The number of hydrogen-bond donors (Lipinski definition) is 1. The summed E-state index contributed by atoms with van der Waals surface area (Å²) in [5, 5.41) is 5.22. The first-order chi connectivity index (χ1) is 13.3. The molecule has 0 aliphatic carbocycles. The SMILES string of the molecule is Cc1oc(-c2cccs2)nc1CC(=O)N(C)CC(=O)Nc1c(Cl)cccc1Cl. The van der Waals surface area contributed by atoms with E-state index in [4.69, 9.17) is 27.6 Å². The molecule has 9 heteroatoms. The third-order valence-corrected chi connectivity index (χ3v) is 5.46. The first-order valence-electron chi connectivity index (χ1n) is 8.33. The van der Waals surface area contributed by atoms with Crippen LogP contribution in [0.25, 0.3) is 10.8 Å². The van der Waals surface area contributed by atoms with Crippen molar-refractivity contribution in [2.45, 2.75) is 13.3 Å². The molecule has 2 aromatic heterocycles. The zero-order chi connectivity index (χ0) is 20.3. The van der Waals surface area contributed by atoms with Gasteiger partial charge in [-0.15, -0.1) is 11.3 Å². The van der Waals surface area contributed by atoms with Crippen molar-refractivity contribution >= 4 is 52.0 Å². The lowest BCUT2D eigenvalue weighted by molar-refractivity contribution is -0.132. The van der Waals surface area contributed by atoms with Crippen molar-refractivity contribution in [3.63, 3.8) is 0 Å². The van der Waals surface area contributed by atoms with Crippen LogP contribution in [0.2, 0.25) is 10.0 Å². The summed E-state index contributed by atoms with van der Waals surface area (Å²) >= 11 is 13.6. The minimum absolute atomic E-state index is 0.0390. The van der Waals surface area contributed by atoms with Crippen molar-refractivity contribution < 1.29 is 14.0 Å². The van der Waals surface area contributed by atoms with Crippen LogP contribution in [0.15, 0.2) is 40.1 Å². The molecule has 0 saturated carbocycles. The number of hydrogen-bond acceptors (Lipinski definition) is 5. The van der Waals surface area contributed by atoms with Gasteiger partial charge in [-0.05, 0) is 30.5 Å². The smallest absolute Gasteiger partial charge is 0.244 e. The Bertz CT molecular complexity index is 982. The Balaban J connectivity index is 1.61. The third kappa shape index (κ3) is 4.73. The Hall–Kier alpha value is -2.35. The van der Waals surface area contributed by atoms with Gasteiger partial charge in [0.15, 0.2) is 0 Å². The van der Waals surface area contributed by atoms with Crippen LogP contribution >= 0.6 is 34.5 Å². The summed E-state index contributed by atoms with van der Waals surface area (Å²) in [5.74, 6) is 0.415. The Kier molecular flexibility index (Phi) is 6.39. The van der Waals surface area contributed by atoms with Gasteiger partial charge < -0.3 is 14.6 Å². The predicted molar refractivity (Wildman–Crippen MR) is 111 cm³/mol. The average molecular weight is 438 g/mol. The monoisotopic (exact) mass is 437 g/mol. The van der Waals surface area contributed by atoms with Crippen molar-refractivity contribution in [2.75, 3.05) is 18.9 Å². The summed E-state index contributed by atoms with van der Waals surface area (Å²) in [7, 11) is 1.55. The van der Waals surface area contributed by atoms with Crippen LogP contribution < -0.4 is 5.32 Å². The zero-order valence-corrected chi connectivity index (χ0v) is 17.5. The molecule has 0 aliphatic rings. The van der Waals surface area contributed by atoms with Crippen LogP contribution in [0.1, 0.15) is 11.5 Å². The van der Waals surface area contributed by atoms with Crippen molar-refractivity contribution in [3.05, 3.63) is 57.2 Å². The van der Waals surface area contributed by atoms with Crippen molar-refractivity contribution in [1.29, 1.82) is 0 Å². The fourth-order valence-corrected chi connectivity index (χ4v) is 3.62. The Labute approximate surface area is 176 Å². The zero-order valence-electron chi connectivity index (χ0n) is 15.2. The second-order valence-electron chi connectivity index (χ2n) is 6.07. The van der Waals surface area contributed by atoms with Gasteiger partial charge in [-0.25, -0.2) is 4.98 Å². The van der Waals surface area contributed by atoms with Crippen LogP contribution in [0.5, 0.6) is 0 Å². The molecule has 0 saturated heterocycles. The lowest BCUT2D eigenvalue weighted by Gasteiger charge is -2.17. The molecule has 0 unspecified atom stereocenters. The number of oxazole rings is 1. The van der Waals surface area contributed by atoms with Crippen LogP contribution in [-0.4, -0.2) is 35.3 Å². The molecule has 3 aromatic rings. The second kappa shape index (κ2) is 8.77. The minimum Gasteiger partial charge on any atom is -0.440 e. The highest BCUT2D eigenvalue weighted by Gasteiger charge is 2.19. The van der Waals surface area contributed by atoms with Gasteiger partial charge in [0.1, 0.15) is 5.76 Å². The lowest BCUT2D eigenvalue weighted by atomic mass is 10.2. The number of nitrogens with zero attached hydrogens (tertiary/aromatic N) is 2. The number of carbonyl (C=O) groups is 2. The molecule has 28 heavy (non-hydrogen) atoms. The number of rotatable bonds is 6. The number of aromatic nitrogens is 1. The van der Waals surface area contributed by atoms with Gasteiger partial charge in [0, 0.05) is 7.05 Å². The summed E-state index contributed by atoms with van der Waals surface area (Å²) in [5.41, 5.74) is 0.874. The molecule has 0 bridgehead atoms. The maximum Gasteiger partial charge on any atom is 0.244 e. The first kappa shape index (κ1) is 20.4. The number of aryl methyl sites for hydroxylation is 1. The van der Waals surface area contributed by atoms with E-state index in [-0.39, 0.29) is 18.9 Å². The molecule has 2 heterocycles. The summed E-state index contributed by atoms with van der Waals surface area (Å²) in [4.78, 5) is 31.4. The highest BCUT2D eigenvalue weighted by molar-refractivity contribution is 7.13. The van der Waals surface area contributed by atoms with E-state index < -0.39 is 5.91 Å². The van der Waals surface area contributed by atoms with E-state index in [2.05, 4.69) is 10.3 Å². The largest absolute Gasteiger partial charge is 0.440 e. The van der Waals surface area contributed by atoms with Crippen LogP contribution in [0, 0.1) is 6.92 Å². The van der Waals surface area contributed by atoms with Gasteiger partial charge in [-0.2, -0.15) is 0 Å². The fourth-order valence-electron chi connectivity index (χ4n) is 2.48. The van der Waals surface area contributed by atoms with E-state index in [9.17, 15) is 9.59 Å². The molecular formula is C19H17Cl2N3O3S. The average Bonchev–Trinajstić information content (AvgIpc) is 3.28.